The first-order valence-corrected chi connectivity index (χ1v) is 11.1. The Bertz CT molecular complexity index is 1110. The Morgan fingerprint density at radius 1 is 1.13 bits per heavy atom. The van der Waals surface area contributed by atoms with E-state index in [0.29, 0.717) is 10.9 Å². The standard InChI is InChI=1S/C26H28ClNO2/c1-14-6-5-7-16(12-14)25-23-17(22-20(30-25)11-10-19(29)24(22)27)8-9-18-21(23)15(2)13-26(3,4)28-18/h8-13,16,25,28-29H,5-7H2,1-4H3/t16?,25-/m1/s1. The highest BCUT2D eigenvalue weighted by molar-refractivity contribution is 6.35. The number of halogens is 1. The van der Waals surface area contributed by atoms with Gasteiger partial charge < -0.3 is 15.2 Å². The molecule has 0 amide bonds. The molecule has 2 atom stereocenters. The summed E-state index contributed by atoms with van der Waals surface area (Å²) in [6.07, 6.45) is 8.05. The fourth-order valence-electron chi connectivity index (χ4n) is 5.44. The van der Waals surface area contributed by atoms with Gasteiger partial charge >= 0.3 is 0 Å². The van der Waals surface area contributed by atoms with Gasteiger partial charge in [0.1, 0.15) is 17.6 Å². The fourth-order valence-corrected chi connectivity index (χ4v) is 5.70. The van der Waals surface area contributed by atoms with Crippen LogP contribution in [0.25, 0.3) is 16.7 Å². The summed E-state index contributed by atoms with van der Waals surface area (Å²) in [5.74, 6) is 1.14. The van der Waals surface area contributed by atoms with Crippen LogP contribution in [-0.2, 0) is 0 Å². The molecule has 0 bridgehead atoms. The zero-order valence-electron chi connectivity index (χ0n) is 18.0. The smallest absolute Gasteiger partial charge is 0.135 e. The van der Waals surface area contributed by atoms with Crippen molar-refractivity contribution in [2.24, 2.45) is 5.92 Å². The maximum atomic E-state index is 10.3. The van der Waals surface area contributed by atoms with Crippen molar-refractivity contribution in [1.82, 2.24) is 0 Å². The molecule has 1 unspecified atom stereocenters. The fraction of sp³-hybridized carbons (Fsp3) is 0.385. The van der Waals surface area contributed by atoms with Crippen molar-refractivity contribution < 1.29 is 9.84 Å². The highest BCUT2D eigenvalue weighted by Gasteiger charge is 2.38. The molecule has 2 aromatic rings. The Balaban J connectivity index is 1.79. The molecule has 4 heteroatoms. The van der Waals surface area contributed by atoms with Crippen LogP contribution in [0.15, 0.2) is 42.0 Å². The molecule has 0 fully saturated rings. The van der Waals surface area contributed by atoms with E-state index in [9.17, 15) is 5.11 Å². The minimum atomic E-state index is -0.106. The average molecular weight is 422 g/mol. The number of allylic oxidation sites excluding steroid dienone is 2. The average Bonchev–Trinajstić information content (AvgIpc) is 2.68. The molecule has 2 heterocycles. The summed E-state index contributed by atoms with van der Waals surface area (Å²) in [5.41, 5.74) is 7.94. The van der Waals surface area contributed by atoms with Crippen molar-refractivity contribution in [2.45, 2.75) is 58.6 Å². The van der Waals surface area contributed by atoms with Crippen LogP contribution in [0.5, 0.6) is 11.5 Å². The van der Waals surface area contributed by atoms with Crippen LogP contribution in [0.3, 0.4) is 0 Å². The number of phenolic OH excluding ortho intramolecular Hbond substituents is 1. The summed E-state index contributed by atoms with van der Waals surface area (Å²) >= 11 is 6.59. The molecule has 1 aliphatic carbocycles. The Morgan fingerprint density at radius 3 is 2.70 bits per heavy atom. The number of anilines is 1. The predicted molar refractivity (Wildman–Crippen MR) is 124 cm³/mol. The number of nitrogens with one attached hydrogen (secondary N) is 1. The molecule has 2 aromatic carbocycles. The Hall–Kier alpha value is -2.39. The first-order valence-electron chi connectivity index (χ1n) is 10.8. The van der Waals surface area contributed by atoms with E-state index in [1.165, 1.54) is 28.7 Å². The Kier molecular flexibility index (Phi) is 4.44. The minimum Gasteiger partial charge on any atom is -0.506 e. The van der Waals surface area contributed by atoms with Gasteiger partial charge in [0.15, 0.2) is 0 Å². The normalized spacial score (nSPS) is 23.8. The molecule has 0 radical (unpaired) electrons. The Morgan fingerprint density at radius 2 is 1.93 bits per heavy atom. The molecule has 0 spiro atoms. The first-order chi connectivity index (χ1) is 14.2. The second-order valence-electron chi connectivity index (χ2n) is 9.50. The number of hydrogen-bond donors (Lipinski definition) is 2. The van der Waals surface area contributed by atoms with E-state index in [1.54, 1.807) is 6.07 Å². The predicted octanol–water partition coefficient (Wildman–Crippen LogP) is 7.50. The molecule has 3 nitrogen and oxygen atoms in total. The van der Waals surface area contributed by atoms with Gasteiger partial charge in [0.25, 0.3) is 0 Å². The zero-order chi connectivity index (χ0) is 21.2. The second kappa shape index (κ2) is 6.81. The van der Waals surface area contributed by atoms with E-state index in [0.717, 1.165) is 35.4 Å². The molecular formula is C26H28ClNO2. The maximum Gasteiger partial charge on any atom is 0.135 e. The minimum absolute atomic E-state index is 0.0790. The summed E-state index contributed by atoms with van der Waals surface area (Å²) in [5, 5.41) is 14.3. The summed E-state index contributed by atoms with van der Waals surface area (Å²) in [6.45, 7) is 8.77. The lowest BCUT2D eigenvalue weighted by Gasteiger charge is -2.39. The highest BCUT2D eigenvalue weighted by atomic mass is 35.5. The molecule has 0 saturated heterocycles. The van der Waals surface area contributed by atoms with Crippen LogP contribution in [0.4, 0.5) is 5.69 Å². The van der Waals surface area contributed by atoms with E-state index in [1.807, 2.05) is 6.07 Å². The first kappa shape index (κ1) is 19.6. The van der Waals surface area contributed by atoms with Crippen molar-refractivity contribution in [3.63, 3.8) is 0 Å². The van der Waals surface area contributed by atoms with Gasteiger partial charge in [0.05, 0.1) is 10.6 Å². The second-order valence-corrected chi connectivity index (χ2v) is 9.88. The monoisotopic (exact) mass is 421 g/mol. The largest absolute Gasteiger partial charge is 0.506 e. The third-order valence-corrected chi connectivity index (χ3v) is 6.94. The van der Waals surface area contributed by atoms with Crippen molar-refractivity contribution >= 4 is 22.9 Å². The number of fused-ring (bicyclic) bond motifs is 5. The molecule has 30 heavy (non-hydrogen) atoms. The van der Waals surface area contributed by atoms with Gasteiger partial charge in [-0.25, -0.2) is 0 Å². The van der Waals surface area contributed by atoms with Gasteiger partial charge in [-0.2, -0.15) is 0 Å². The number of rotatable bonds is 1. The summed E-state index contributed by atoms with van der Waals surface area (Å²) in [4.78, 5) is 0. The van der Waals surface area contributed by atoms with E-state index < -0.39 is 0 Å². The molecule has 0 aromatic heterocycles. The van der Waals surface area contributed by atoms with Crippen molar-refractivity contribution in [3.05, 3.63) is 58.1 Å². The molecule has 2 N–H and O–H groups in total. The summed E-state index contributed by atoms with van der Waals surface area (Å²) in [6, 6.07) is 7.74. The maximum absolute atomic E-state index is 10.3. The third-order valence-electron chi connectivity index (χ3n) is 6.56. The summed E-state index contributed by atoms with van der Waals surface area (Å²) in [7, 11) is 0. The number of phenols is 1. The van der Waals surface area contributed by atoms with E-state index >= 15 is 0 Å². The SMILES string of the molecule is CC1=CC([C@H]2Oc3ccc(O)c(Cl)c3-c3ccc4c(c32)C(C)=CC(C)(C)N4)CCC1. The van der Waals surface area contributed by atoms with Crippen LogP contribution < -0.4 is 10.1 Å². The lowest BCUT2D eigenvalue weighted by molar-refractivity contribution is 0.145. The number of hydrogen-bond acceptors (Lipinski definition) is 3. The van der Waals surface area contributed by atoms with Crippen molar-refractivity contribution in [3.8, 4) is 22.6 Å². The van der Waals surface area contributed by atoms with E-state index in [-0.39, 0.29) is 17.4 Å². The van der Waals surface area contributed by atoms with E-state index in [2.05, 4.69) is 57.3 Å². The number of ether oxygens (including phenoxy) is 1. The molecule has 3 aliphatic rings. The lowest BCUT2D eigenvalue weighted by Crippen LogP contribution is -2.33. The van der Waals surface area contributed by atoms with Gasteiger partial charge in [0, 0.05) is 28.3 Å². The van der Waals surface area contributed by atoms with Gasteiger partial charge in [0.2, 0.25) is 0 Å². The topological polar surface area (TPSA) is 41.5 Å². The molecule has 5 rings (SSSR count). The van der Waals surface area contributed by atoms with Gasteiger partial charge in [-0.15, -0.1) is 0 Å². The van der Waals surface area contributed by atoms with Gasteiger partial charge in [-0.05, 0) is 76.3 Å². The van der Waals surface area contributed by atoms with Gasteiger partial charge in [-0.1, -0.05) is 35.4 Å². The van der Waals surface area contributed by atoms with Crippen LogP contribution in [0.1, 0.15) is 64.2 Å². The van der Waals surface area contributed by atoms with Gasteiger partial charge in [-0.3, -0.25) is 0 Å². The van der Waals surface area contributed by atoms with Crippen LogP contribution in [0.2, 0.25) is 5.02 Å². The van der Waals surface area contributed by atoms with Crippen LogP contribution in [-0.4, -0.2) is 10.6 Å². The molecule has 2 aliphatic heterocycles. The van der Waals surface area contributed by atoms with Crippen molar-refractivity contribution in [1.29, 1.82) is 0 Å². The summed E-state index contributed by atoms with van der Waals surface area (Å²) < 4.78 is 6.65. The third kappa shape index (κ3) is 3.02. The van der Waals surface area contributed by atoms with Crippen LogP contribution >= 0.6 is 11.6 Å². The zero-order valence-corrected chi connectivity index (χ0v) is 18.7. The lowest BCUT2D eigenvalue weighted by atomic mass is 9.76. The van der Waals surface area contributed by atoms with Crippen molar-refractivity contribution in [2.75, 3.05) is 5.32 Å². The Labute approximate surface area is 183 Å². The number of benzene rings is 2. The highest BCUT2D eigenvalue weighted by Crippen LogP contribution is 2.55. The molecular weight excluding hydrogens is 394 g/mol. The van der Waals surface area contributed by atoms with Crippen LogP contribution in [0, 0.1) is 5.92 Å². The molecule has 156 valence electrons. The quantitative estimate of drug-likeness (QED) is 0.468. The van der Waals surface area contributed by atoms with E-state index in [4.69, 9.17) is 16.3 Å². The number of aromatic hydroxyl groups is 1. The molecule has 0 saturated carbocycles.